The van der Waals surface area contributed by atoms with Gasteiger partial charge < -0.3 is 4.57 Å². The number of fused-ring (bicyclic) bond motifs is 1. The molecule has 0 fully saturated rings. The number of ketones is 1. The summed E-state index contributed by atoms with van der Waals surface area (Å²) in [6, 6.07) is 25.7. The molecule has 27 heavy (non-hydrogen) atoms. The van der Waals surface area contributed by atoms with E-state index < -0.39 is 0 Å². The standard InChI is InChI=1S/C23H18ClNOS/c24-19-12-10-17(11-13-19)14-25-15-23(20-8-4-5-9-21(20)25)27-16-22(26)18-6-2-1-3-7-18/h1-13,15H,14,16H2. The smallest absolute Gasteiger partial charge is 0.173 e. The van der Waals surface area contributed by atoms with Gasteiger partial charge in [0.05, 0.1) is 5.75 Å². The molecule has 0 unspecified atom stereocenters. The van der Waals surface area contributed by atoms with Crippen molar-refractivity contribution in [3.63, 3.8) is 0 Å². The number of Topliss-reactive ketones (excluding diaryl/α,β-unsaturated/α-hetero) is 1. The first-order valence-corrected chi connectivity index (χ1v) is 10.1. The van der Waals surface area contributed by atoms with Gasteiger partial charge >= 0.3 is 0 Å². The molecule has 0 amide bonds. The number of thioether (sulfide) groups is 1. The van der Waals surface area contributed by atoms with Crippen molar-refractivity contribution in [2.45, 2.75) is 11.4 Å². The summed E-state index contributed by atoms with van der Waals surface area (Å²) >= 11 is 7.59. The number of hydrogen-bond donors (Lipinski definition) is 0. The maximum Gasteiger partial charge on any atom is 0.173 e. The van der Waals surface area contributed by atoms with Crippen molar-refractivity contribution in [3.05, 3.63) is 101 Å². The van der Waals surface area contributed by atoms with Crippen molar-refractivity contribution in [1.29, 1.82) is 0 Å². The van der Waals surface area contributed by atoms with Gasteiger partial charge in [-0.3, -0.25) is 4.79 Å². The normalized spacial score (nSPS) is 11.0. The van der Waals surface area contributed by atoms with Crippen LogP contribution in [0.15, 0.2) is 90.0 Å². The Morgan fingerprint density at radius 3 is 2.37 bits per heavy atom. The Morgan fingerprint density at radius 2 is 1.59 bits per heavy atom. The highest BCUT2D eigenvalue weighted by Crippen LogP contribution is 2.31. The number of aromatic nitrogens is 1. The molecule has 0 spiro atoms. The molecule has 0 N–H and O–H groups in total. The van der Waals surface area contributed by atoms with Crippen LogP contribution in [0.25, 0.3) is 10.9 Å². The molecule has 1 heterocycles. The Kier molecular flexibility index (Phi) is 5.33. The minimum Gasteiger partial charge on any atom is -0.342 e. The molecule has 0 bridgehead atoms. The second-order valence-electron chi connectivity index (χ2n) is 6.34. The van der Waals surface area contributed by atoms with E-state index in [1.807, 2.05) is 66.7 Å². The molecular weight excluding hydrogens is 374 g/mol. The Morgan fingerprint density at radius 1 is 0.889 bits per heavy atom. The number of carbonyl (C=O) groups is 1. The van der Waals surface area contributed by atoms with Crippen molar-refractivity contribution in [1.82, 2.24) is 4.57 Å². The molecular formula is C23H18ClNOS. The van der Waals surface area contributed by atoms with E-state index in [2.05, 4.69) is 22.9 Å². The molecule has 134 valence electrons. The maximum absolute atomic E-state index is 12.4. The van der Waals surface area contributed by atoms with Crippen molar-refractivity contribution in [2.75, 3.05) is 5.75 Å². The van der Waals surface area contributed by atoms with E-state index in [1.54, 1.807) is 11.8 Å². The fraction of sp³-hybridized carbons (Fsp3) is 0.0870. The molecule has 4 rings (SSSR count). The molecule has 1 aromatic heterocycles. The van der Waals surface area contributed by atoms with Gasteiger partial charge in [-0.1, -0.05) is 72.3 Å². The SMILES string of the molecule is O=C(CSc1cn(Cc2ccc(Cl)cc2)c2ccccc12)c1ccccc1. The van der Waals surface area contributed by atoms with Crippen LogP contribution < -0.4 is 0 Å². The highest BCUT2D eigenvalue weighted by molar-refractivity contribution is 8.00. The lowest BCUT2D eigenvalue weighted by molar-refractivity contribution is 0.102. The van der Waals surface area contributed by atoms with Crippen molar-refractivity contribution < 1.29 is 4.79 Å². The summed E-state index contributed by atoms with van der Waals surface area (Å²) < 4.78 is 2.23. The van der Waals surface area contributed by atoms with Gasteiger partial charge in [0.2, 0.25) is 0 Å². The number of para-hydroxylation sites is 1. The Bertz CT molecular complexity index is 1070. The maximum atomic E-state index is 12.4. The molecule has 2 nitrogen and oxygen atoms in total. The molecule has 0 saturated heterocycles. The van der Waals surface area contributed by atoms with Gasteiger partial charge in [-0.2, -0.15) is 0 Å². The molecule has 0 aliphatic carbocycles. The summed E-state index contributed by atoms with van der Waals surface area (Å²) in [6.07, 6.45) is 2.14. The monoisotopic (exact) mass is 391 g/mol. The highest BCUT2D eigenvalue weighted by Gasteiger charge is 2.12. The predicted molar refractivity (Wildman–Crippen MR) is 114 cm³/mol. The summed E-state index contributed by atoms with van der Waals surface area (Å²) in [5, 5.41) is 1.92. The van der Waals surface area contributed by atoms with Gasteiger partial charge in [-0.25, -0.2) is 0 Å². The zero-order chi connectivity index (χ0) is 18.6. The highest BCUT2D eigenvalue weighted by atomic mass is 35.5. The van der Waals surface area contributed by atoms with Crippen LogP contribution in [0, 0.1) is 0 Å². The zero-order valence-electron chi connectivity index (χ0n) is 14.6. The van der Waals surface area contributed by atoms with Crippen LogP contribution in [0.5, 0.6) is 0 Å². The zero-order valence-corrected chi connectivity index (χ0v) is 16.2. The van der Waals surface area contributed by atoms with E-state index >= 15 is 0 Å². The van der Waals surface area contributed by atoms with Gasteiger partial charge in [0.15, 0.2) is 5.78 Å². The Balaban J connectivity index is 1.58. The van der Waals surface area contributed by atoms with Crippen LogP contribution in [0.4, 0.5) is 0 Å². The molecule has 0 atom stereocenters. The molecule has 0 aliphatic heterocycles. The number of carbonyl (C=O) groups excluding carboxylic acids is 1. The van der Waals surface area contributed by atoms with E-state index in [0.29, 0.717) is 5.75 Å². The fourth-order valence-electron chi connectivity index (χ4n) is 3.10. The first kappa shape index (κ1) is 17.9. The van der Waals surface area contributed by atoms with Crippen LogP contribution in [0.1, 0.15) is 15.9 Å². The lowest BCUT2D eigenvalue weighted by Gasteiger charge is -2.05. The summed E-state index contributed by atoms with van der Waals surface area (Å²) in [6.45, 7) is 0.769. The van der Waals surface area contributed by atoms with Crippen LogP contribution in [-0.2, 0) is 6.54 Å². The van der Waals surface area contributed by atoms with Crippen LogP contribution in [0.3, 0.4) is 0 Å². The average Bonchev–Trinajstić information content (AvgIpc) is 3.06. The van der Waals surface area contributed by atoms with Gasteiger partial charge in [0.25, 0.3) is 0 Å². The quantitative estimate of drug-likeness (QED) is 0.283. The number of nitrogens with zero attached hydrogens (tertiary/aromatic N) is 1. The summed E-state index contributed by atoms with van der Waals surface area (Å²) in [4.78, 5) is 13.6. The summed E-state index contributed by atoms with van der Waals surface area (Å²) in [7, 11) is 0. The van der Waals surface area contributed by atoms with Crippen molar-refractivity contribution >= 4 is 40.0 Å². The number of halogens is 1. The summed E-state index contributed by atoms with van der Waals surface area (Å²) in [5.41, 5.74) is 3.12. The van der Waals surface area contributed by atoms with E-state index in [4.69, 9.17) is 11.6 Å². The third-order valence-electron chi connectivity index (χ3n) is 4.47. The fourth-order valence-corrected chi connectivity index (χ4v) is 4.21. The first-order chi connectivity index (χ1) is 13.2. The number of hydrogen-bond acceptors (Lipinski definition) is 2. The van der Waals surface area contributed by atoms with Gasteiger partial charge in [0, 0.05) is 39.1 Å². The molecule has 3 aromatic carbocycles. The van der Waals surface area contributed by atoms with E-state index in [9.17, 15) is 4.79 Å². The lowest BCUT2D eigenvalue weighted by atomic mass is 10.2. The van der Waals surface area contributed by atoms with Crippen LogP contribution >= 0.6 is 23.4 Å². The topological polar surface area (TPSA) is 22.0 Å². The third-order valence-corrected chi connectivity index (χ3v) is 5.77. The Hall–Kier alpha value is -2.49. The van der Waals surface area contributed by atoms with Crippen molar-refractivity contribution in [3.8, 4) is 0 Å². The second-order valence-corrected chi connectivity index (χ2v) is 7.80. The van der Waals surface area contributed by atoms with E-state index in [0.717, 1.165) is 22.0 Å². The number of benzene rings is 3. The molecule has 4 heteroatoms. The van der Waals surface area contributed by atoms with Gasteiger partial charge in [-0.15, -0.1) is 11.8 Å². The first-order valence-electron chi connectivity index (χ1n) is 8.74. The minimum atomic E-state index is 0.148. The number of rotatable bonds is 6. The average molecular weight is 392 g/mol. The van der Waals surface area contributed by atoms with Crippen LogP contribution in [-0.4, -0.2) is 16.1 Å². The molecule has 0 radical (unpaired) electrons. The van der Waals surface area contributed by atoms with Crippen molar-refractivity contribution in [2.24, 2.45) is 0 Å². The predicted octanol–water partition coefficient (Wildman–Crippen LogP) is 6.32. The van der Waals surface area contributed by atoms with Gasteiger partial charge in [-0.05, 0) is 23.8 Å². The molecule has 0 saturated carbocycles. The minimum absolute atomic E-state index is 0.148. The summed E-state index contributed by atoms with van der Waals surface area (Å²) in [5.74, 6) is 0.578. The largest absolute Gasteiger partial charge is 0.342 e. The second kappa shape index (κ2) is 8.03. The lowest BCUT2D eigenvalue weighted by Crippen LogP contribution is -2.01. The van der Waals surface area contributed by atoms with Crippen LogP contribution in [0.2, 0.25) is 5.02 Å². The Labute approximate surface area is 167 Å². The molecule has 4 aromatic rings. The third kappa shape index (κ3) is 4.10. The van der Waals surface area contributed by atoms with E-state index in [1.165, 1.54) is 16.5 Å². The van der Waals surface area contributed by atoms with Gasteiger partial charge in [0.1, 0.15) is 0 Å². The molecule has 0 aliphatic rings. The van der Waals surface area contributed by atoms with E-state index in [-0.39, 0.29) is 5.78 Å².